The van der Waals surface area contributed by atoms with Crippen molar-refractivity contribution in [3.05, 3.63) is 30.4 Å². The van der Waals surface area contributed by atoms with Crippen LogP contribution in [-0.4, -0.2) is 20.8 Å². The third-order valence-electron chi connectivity index (χ3n) is 1.92. The van der Waals surface area contributed by atoms with Gasteiger partial charge in [-0.2, -0.15) is 5.10 Å². The van der Waals surface area contributed by atoms with Crippen molar-refractivity contribution in [2.75, 3.05) is 5.73 Å². The molecule has 0 radical (unpaired) electrons. The molecule has 1 amide bonds. The number of aromatic nitrogens is 3. The van der Waals surface area contributed by atoms with Gasteiger partial charge in [0, 0.05) is 12.3 Å². The Balaban J connectivity index is 1.81. The van der Waals surface area contributed by atoms with Gasteiger partial charge in [-0.05, 0) is 0 Å². The number of nitrogens with two attached hydrogens (primary N) is 1. The maximum Gasteiger partial charge on any atom is 0.242 e. The van der Waals surface area contributed by atoms with Crippen molar-refractivity contribution >= 4 is 11.6 Å². The fourth-order valence-electron chi connectivity index (χ4n) is 1.19. The molecule has 0 aliphatic carbocycles. The second kappa shape index (κ2) is 4.47. The van der Waals surface area contributed by atoms with E-state index in [-0.39, 0.29) is 12.5 Å². The first-order chi connectivity index (χ1) is 7.74. The molecule has 0 fully saturated rings. The quantitative estimate of drug-likeness (QED) is 0.743. The summed E-state index contributed by atoms with van der Waals surface area (Å²) in [5.74, 6) is -0.161. The first kappa shape index (κ1) is 10.2. The molecule has 0 saturated carbocycles. The normalized spacial score (nSPS) is 10.2. The Kier molecular flexibility index (Phi) is 2.86. The van der Waals surface area contributed by atoms with Gasteiger partial charge >= 0.3 is 0 Å². The van der Waals surface area contributed by atoms with E-state index in [4.69, 9.17) is 5.73 Å². The number of nitrogens with one attached hydrogen (secondary N) is 1. The summed E-state index contributed by atoms with van der Waals surface area (Å²) >= 11 is 0. The van der Waals surface area contributed by atoms with E-state index < -0.39 is 0 Å². The number of anilines is 1. The number of rotatable bonds is 4. The lowest BCUT2D eigenvalue weighted by molar-refractivity contribution is -0.122. The van der Waals surface area contributed by atoms with Gasteiger partial charge in [-0.15, -0.1) is 0 Å². The lowest BCUT2D eigenvalue weighted by Crippen LogP contribution is -2.27. The number of nitrogen functional groups attached to an aromatic ring is 1. The van der Waals surface area contributed by atoms with Gasteiger partial charge in [0.1, 0.15) is 18.5 Å². The third-order valence-corrected chi connectivity index (χ3v) is 1.92. The van der Waals surface area contributed by atoms with Crippen molar-refractivity contribution in [2.24, 2.45) is 0 Å². The van der Waals surface area contributed by atoms with Crippen LogP contribution in [0.15, 0.2) is 29.2 Å². The fraction of sp³-hybridized carbons (Fsp3) is 0.222. The topological polar surface area (TPSA) is 99.0 Å². The van der Waals surface area contributed by atoms with Gasteiger partial charge in [-0.3, -0.25) is 9.48 Å². The van der Waals surface area contributed by atoms with Gasteiger partial charge in [-0.1, -0.05) is 5.16 Å². The van der Waals surface area contributed by atoms with Gasteiger partial charge in [-0.25, -0.2) is 0 Å². The van der Waals surface area contributed by atoms with E-state index in [1.807, 2.05) is 0 Å². The van der Waals surface area contributed by atoms with Crippen LogP contribution < -0.4 is 11.1 Å². The highest BCUT2D eigenvalue weighted by atomic mass is 16.5. The Morgan fingerprint density at radius 1 is 1.62 bits per heavy atom. The summed E-state index contributed by atoms with van der Waals surface area (Å²) < 4.78 is 6.10. The van der Waals surface area contributed by atoms with Crippen molar-refractivity contribution in [1.29, 1.82) is 0 Å². The largest absolute Gasteiger partial charge is 0.396 e. The van der Waals surface area contributed by atoms with Gasteiger partial charge < -0.3 is 15.6 Å². The zero-order valence-electron chi connectivity index (χ0n) is 8.46. The maximum atomic E-state index is 11.4. The highest BCUT2D eigenvalue weighted by molar-refractivity contribution is 5.75. The summed E-state index contributed by atoms with van der Waals surface area (Å²) in [4.78, 5) is 11.4. The van der Waals surface area contributed by atoms with Crippen LogP contribution in [0.5, 0.6) is 0 Å². The Morgan fingerprint density at radius 3 is 3.12 bits per heavy atom. The molecular weight excluding hydrogens is 210 g/mol. The molecule has 0 spiro atoms. The van der Waals surface area contributed by atoms with Crippen LogP contribution in [-0.2, 0) is 17.9 Å². The second-order valence-corrected chi connectivity index (χ2v) is 3.24. The van der Waals surface area contributed by atoms with Crippen LogP contribution in [0.3, 0.4) is 0 Å². The summed E-state index contributed by atoms with van der Waals surface area (Å²) in [5.41, 5.74) is 6.67. The van der Waals surface area contributed by atoms with Gasteiger partial charge in [0.2, 0.25) is 5.91 Å². The van der Waals surface area contributed by atoms with Gasteiger partial charge in [0.25, 0.3) is 0 Å². The van der Waals surface area contributed by atoms with Gasteiger partial charge in [0.15, 0.2) is 0 Å². The molecular formula is C9H11N5O2. The highest BCUT2D eigenvalue weighted by Gasteiger charge is 2.04. The number of carbonyl (C=O) groups is 1. The maximum absolute atomic E-state index is 11.4. The van der Waals surface area contributed by atoms with E-state index in [9.17, 15) is 4.79 Å². The molecule has 2 aromatic rings. The zero-order chi connectivity index (χ0) is 11.4. The molecule has 7 nitrogen and oxygen atoms in total. The summed E-state index contributed by atoms with van der Waals surface area (Å²) in [5, 5.41) is 10.2. The Labute approximate surface area is 91.2 Å². The fourth-order valence-corrected chi connectivity index (χ4v) is 1.19. The number of hydrogen-bond donors (Lipinski definition) is 2. The summed E-state index contributed by atoms with van der Waals surface area (Å²) in [7, 11) is 0. The highest BCUT2D eigenvalue weighted by Crippen LogP contribution is 1.97. The Hall–Kier alpha value is -2.31. The predicted molar refractivity (Wildman–Crippen MR) is 55.0 cm³/mol. The molecule has 0 saturated heterocycles. The molecule has 0 aliphatic heterocycles. The molecule has 84 valence electrons. The van der Waals surface area contributed by atoms with E-state index in [0.29, 0.717) is 17.9 Å². The SMILES string of the molecule is Nc1cnn(CC(=O)NCc2ccon2)c1. The zero-order valence-corrected chi connectivity index (χ0v) is 8.46. The third kappa shape index (κ3) is 2.59. The molecule has 16 heavy (non-hydrogen) atoms. The molecule has 3 N–H and O–H groups in total. The average Bonchev–Trinajstić information content (AvgIpc) is 2.87. The van der Waals surface area contributed by atoms with Crippen molar-refractivity contribution in [3.63, 3.8) is 0 Å². The predicted octanol–water partition coefficient (Wildman–Crippen LogP) is -0.230. The molecule has 2 rings (SSSR count). The number of amides is 1. The smallest absolute Gasteiger partial charge is 0.242 e. The average molecular weight is 221 g/mol. The first-order valence-corrected chi connectivity index (χ1v) is 4.68. The van der Waals surface area contributed by atoms with Crippen molar-refractivity contribution in [1.82, 2.24) is 20.3 Å². The monoisotopic (exact) mass is 221 g/mol. The molecule has 2 heterocycles. The van der Waals surface area contributed by atoms with Crippen molar-refractivity contribution < 1.29 is 9.32 Å². The van der Waals surface area contributed by atoms with Crippen LogP contribution in [0.25, 0.3) is 0 Å². The lowest BCUT2D eigenvalue weighted by atomic mass is 10.4. The minimum Gasteiger partial charge on any atom is -0.396 e. The van der Waals surface area contributed by atoms with E-state index >= 15 is 0 Å². The van der Waals surface area contributed by atoms with Crippen LogP contribution >= 0.6 is 0 Å². The van der Waals surface area contributed by atoms with Crippen molar-refractivity contribution in [3.8, 4) is 0 Å². The number of nitrogens with zero attached hydrogens (tertiary/aromatic N) is 3. The molecule has 0 unspecified atom stereocenters. The first-order valence-electron chi connectivity index (χ1n) is 4.68. The van der Waals surface area contributed by atoms with E-state index in [1.165, 1.54) is 17.1 Å². The molecule has 0 aromatic carbocycles. The molecule has 7 heteroatoms. The Morgan fingerprint density at radius 2 is 2.50 bits per heavy atom. The van der Waals surface area contributed by atoms with Crippen LogP contribution in [0.4, 0.5) is 5.69 Å². The summed E-state index contributed by atoms with van der Waals surface area (Å²) in [6, 6.07) is 1.69. The minimum absolute atomic E-state index is 0.134. The Bertz CT molecular complexity index is 462. The number of hydrogen-bond acceptors (Lipinski definition) is 5. The summed E-state index contributed by atoms with van der Waals surface area (Å²) in [6.07, 6.45) is 4.54. The minimum atomic E-state index is -0.161. The van der Waals surface area contributed by atoms with Crippen LogP contribution in [0, 0.1) is 0 Å². The second-order valence-electron chi connectivity index (χ2n) is 3.24. The van der Waals surface area contributed by atoms with E-state index in [2.05, 4.69) is 20.1 Å². The standard InChI is InChI=1S/C9H11N5O2/c10-7-3-12-14(5-7)6-9(15)11-4-8-1-2-16-13-8/h1-3,5H,4,6,10H2,(H,11,15). The summed E-state index contributed by atoms with van der Waals surface area (Å²) in [6.45, 7) is 0.473. The molecule has 0 aliphatic rings. The van der Waals surface area contributed by atoms with Crippen LogP contribution in [0.1, 0.15) is 5.69 Å². The molecule has 0 bridgehead atoms. The van der Waals surface area contributed by atoms with Gasteiger partial charge in [0.05, 0.1) is 18.4 Å². The van der Waals surface area contributed by atoms with E-state index in [1.54, 1.807) is 12.3 Å². The van der Waals surface area contributed by atoms with E-state index in [0.717, 1.165) is 0 Å². The molecule has 0 atom stereocenters. The molecule has 2 aromatic heterocycles. The van der Waals surface area contributed by atoms with Crippen molar-refractivity contribution in [2.45, 2.75) is 13.1 Å². The van der Waals surface area contributed by atoms with Crippen LogP contribution in [0.2, 0.25) is 0 Å². The number of carbonyl (C=O) groups excluding carboxylic acids is 1. The lowest BCUT2D eigenvalue weighted by Gasteiger charge is -2.02.